The number of piperidine rings is 1. The Morgan fingerprint density at radius 1 is 1.06 bits per heavy atom. The molecule has 2 aromatic heterocycles. The number of ether oxygens (including phenoxy) is 1. The van der Waals surface area contributed by atoms with Crippen molar-refractivity contribution in [3.63, 3.8) is 0 Å². The molecule has 32 heavy (non-hydrogen) atoms. The molecule has 0 spiro atoms. The van der Waals surface area contributed by atoms with Crippen molar-refractivity contribution in [2.24, 2.45) is 0 Å². The number of carbonyl (C=O) groups excluding carboxylic acids is 1. The largest absolute Gasteiger partial charge is 0.457 e. The van der Waals surface area contributed by atoms with Gasteiger partial charge in [-0.25, -0.2) is 9.67 Å². The lowest BCUT2D eigenvalue weighted by atomic mass is 9.93. The number of likely N-dealkylation sites (tertiary alicyclic amines) is 1. The molecule has 1 aliphatic rings. The molecule has 162 valence electrons. The number of fused-ring (bicyclic) bond motifs is 1. The maximum atomic E-state index is 11.9. The first-order valence-corrected chi connectivity index (χ1v) is 10.8. The van der Waals surface area contributed by atoms with Crippen LogP contribution >= 0.6 is 0 Å². The monoisotopic (exact) mass is 427 g/mol. The minimum atomic E-state index is 0.105. The fourth-order valence-corrected chi connectivity index (χ4v) is 4.37. The second kappa shape index (κ2) is 8.34. The number of hydrogen-bond donors (Lipinski definition) is 1. The highest BCUT2D eigenvalue weighted by molar-refractivity contribution is 5.91. The van der Waals surface area contributed by atoms with Crippen LogP contribution in [0.25, 0.3) is 16.6 Å². The predicted molar refractivity (Wildman–Crippen MR) is 124 cm³/mol. The molecule has 0 saturated carbocycles. The van der Waals surface area contributed by atoms with Crippen LogP contribution in [0, 0.1) is 0 Å². The lowest BCUT2D eigenvalue weighted by Gasteiger charge is -2.31. The minimum absolute atomic E-state index is 0.105. The number of rotatable bonds is 4. The molecule has 1 fully saturated rings. The number of aromatic nitrogens is 3. The second-order valence-corrected chi connectivity index (χ2v) is 8.10. The number of benzene rings is 2. The first kappa shape index (κ1) is 20.1. The smallest absolute Gasteiger partial charge is 0.219 e. The Kier molecular flexibility index (Phi) is 5.23. The van der Waals surface area contributed by atoms with E-state index in [1.54, 1.807) is 13.1 Å². The number of nitrogens with zero attached hydrogens (tertiary/aromatic N) is 4. The van der Waals surface area contributed by atoms with E-state index >= 15 is 0 Å². The first-order chi connectivity index (χ1) is 15.6. The third kappa shape index (κ3) is 3.77. The molecule has 1 atom stereocenters. The highest BCUT2D eigenvalue weighted by atomic mass is 16.5. The molecule has 1 saturated heterocycles. The first-order valence-electron chi connectivity index (χ1n) is 10.8. The third-order valence-electron chi connectivity index (χ3n) is 5.96. The molecule has 5 rings (SSSR count). The summed E-state index contributed by atoms with van der Waals surface area (Å²) in [5.41, 5.74) is 8.91. The van der Waals surface area contributed by atoms with E-state index in [2.05, 4.69) is 4.98 Å². The van der Waals surface area contributed by atoms with Gasteiger partial charge in [0.25, 0.3) is 0 Å². The third-order valence-corrected chi connectivity index (χ3v) is 5.96. The van der Waals surface area contributed by atoms with Crippen LogP contribution < -0.4 is 10.5 Å². The van der Waals surface area contributed by atoms with Crippen LogP contribution in [0.5, 0.6) is 11.5 Å². The summed E-state index contributed by atoms with van der Waals surface area (Å²) >= 11 is 0. The normalized spacial score (nSPS) is 16.3. The summed E-state index contributed by atoms with van der Waals surface area (Å²) in [7, 11) is 0. The van der Waals surface area contributed by atoms with Crippen molar-refractivity contribution in [1.29, 1.82) is 0 Å². The molecule has 1 aliphatic heterocycles. The van der Waals surface area contributed by atoms with E-state index in [4.69, 9.17) is 15.6 Å². The predicted octanol–water partition coefficient (Wildman–Crippen LogP) is 4.52. The average molecular weight is 428 g/mol. The van der Waals surface area contributed by atoms with Gasteiger partial charge in [-0.2, -0.15) is 5.10 Å². The topological polar surface area (TPSA) is 86.3 Å². The van der Waals surface area contributed by atoms with Crippen molar-refractivity contribution in [1.82, 2.24) is 19.7 Å². The number of nitrogens with two attached hydrogens (primary N) is 1. The molecule has 2 aromatic carbocycles. The summed E-state index contributed by atoms with van der Waals surface area (Å²) in [5.74, 6) is 2.23. The van der Waals surface area contributed by atoms with Crippen molar-refractivity contribution in [3.8, 4) is 17.2 Å². The molecule has 1 amide bonds. The van der Waals surface area contributed by atoms with Crippen molar-refractivity contribution in [3.05, 3.63) is 72.6 Å². The highest BCUT2D eigenvalue weighted by Crippen LogP contribution is 2.34. The molecule has 7 nitrogen and oxygen atoms in total. The van der Waals surface area contributed by atoms with Crippen molar-refractivity contribution >= 4 is 22.6 Å². The van der Waals surface area contributed by atoms with Crippen LogP contribution in [0.3, 0.4) is 0 Å². The number of para-hydroxylation sites is 1. The summed E-state index contributed by atoms with van der Waals surface area (Å²) in [6.45, 7) is 3.10. The summed E-state index contributed by atoms with van der Waals surface area (Å²) in [4.78, 5) is 18.1. The van der Waals surface area contributed by atoms with Gasteiger partial charge in [-0.1, -0.05) is 18.2 Å². The lowest BCUT2D eigenvalue weighted by molar-refractivity contribution is -0.130. The van der Waals surface area contributed by atoms with Gasteiger partial charge >= 0.3 is 0 Å². The summed E-state index contributed by atoms with van der Waals surface area (Å²) in [6.07, 6.45) is 3.67. The molecule has 2 N–H and O–H groups in total. The number of nitrogen functional groups attached to an aromatic ring is 1. The van der Waals surface area contributed by atoms with Gasteiger partial charge < -0.3 is 15.4 Å². The quantitative estimate of drug-likeness (QED) is 0.517. The van der Waals surface area contributed by atoms with Crippen LogP contribution in [0.15, 0.2) is 66.9 Å². The molecule has 0 aliphatic carbocycles. The van der Waals surface area contributed by atoms with Gasteiger partial charge in [-0.05, 0) is 55.3 Å². The number of pyridine rings is 1. The Balaban J connectivity index is 1.51. The standard InChI is InChI=1S/C25H25N5O2/c1-17(31)29-15-5-6-18(16-29)23-22-13-14-27-25(26)24(22)30(28-23)19-9-11-21(12-10-19)32-20-7-3-2-4-8-20/h2-4,7-14,18H,5-6,15-16H2,1H3,(H2,26,27)/t18-/m1/s1. The van der Waals surface area contributed by atoms with Crippen LogP contribution in [-0.4, -0.2) is 38.7 Å². The van der Waals surface area contributed by atoms with E-state index < -0.39 is 0 Å². The lowest BCUT2D eigenvalue weighted by Crippen LogP contribution is -2.37. The van der Waals surface area contributed by atoms with E-state index in [0.29, 0.717) is 12.4 Å². The molecule has 4 aromatic rings. The van der Waals surface area contributed by atoms with Gasteiger partial charge in [0.1, 0.15) is 22.8 Å². The van der Waals surface area contributed by atoms with Crippen LogP contribution in [0.1, 0.15) is 31.4 Å². The van der Waals surface area contributed by atoms with Crippen molar-refractivity contribution < 1.29 is 9.53 Å². The highest BCUT2D eigenvalue weighted by Gasteiger charge is 2.28. The summed E-state index contributed by atoms with van der Waals surface area (Å²) < 4.78 is 7.76. The Morgan fingerprint density at radius 2 is 1.81 bits per heavy atom. The fraction of sp³-hybridized carbons (Fsp3) is 0.240. The maximum Gasteiger partial charge on any atom is 0.219 e. The molecular formula is C25H25N5O2. The van der Waals surface area contributed by atoms with Gasteiger partial charge in [-0.15, -0.1) is 0 Å². The molecule has 0 unspecified atom stereocenters. The molecule has 7 heteroatoms. The zero-order valence-corrected chi connectivity index (χ0v) is 17.9. The van der Waals surface area contributed by atoms with Crippen LogP contribution in [0.4, 0.5) is 5.82 Å². The zero-order chi connectivity index (χ0) is 22.1. The Labute approximate surface area is 186 Å². The van der Waals surface area contributed by atoms with E-state index in [0.717, 1.165) is 53.2 Å². The van der Waals surface area contributed by atoms with Crippen molar-refractivity contribution in [2.75, 3.05) is 18.8 Å². The van der Waals surface area contributed by atoms with Gasteiger partial charge in [-0.3, -0.25) is 4.79 Å². The molecule has 0 bridgehead atoms. The molecule has 3 heterocycles. The van der Waals surface area contributed by atoms with Crippen LogP contribution in [-0.2, 0) is 4.79 Å². The van der Waals surface area contributed by atoms with Crippen molar-refractivity contribution in [2.45, 2.75) is 25.7 Å². The summed E-state index contributed by atoms with van der Waals surface area (Å²) in [5, 5.41) is 5.95. The minimum Gasteiger partial charge on any atom is -0.457 e. The van der Waals surface area contributed by atoms with Gasteiger partial charge in [0.05, 0.1) is 11.4 Å². The van der Waals surface area contributed by atoms with E-state index in [1.165, 1.54) is 0 Å². The Morgan fingerprint density at radius 3 is 2.56 bits per heavy atom. The van der Waals surface area contributed by atoms with Gasteiger partial charge in [0.15, 0.2) is 0 Å². The maximum absolute atomic E-state index is 11.9. The van der Waals surface area contributed by atoms with E-state index in [9.17, 15) is 4.79 Å². The number of carbonyl (C=O) groups is 1. The van der Waals surface area contributed by atoms with Gasteiger partial charge in [0, 0.05) is 37.5 Å². The molecule has 0 radical (unpaired) electrons. The SMILES string of the molecule is CC(=O)N1CCC[C@@H](c2nn(-c3ccc(Oc4ccccc4)cc3)c3c(N)nccc23)C1. The van der Waals surface area contributed by atoms with Gasteiger partial charge in [0.2, 0.25) is 5.91 Å². The summed E-state index contributed by atoms with van der Waals surface area (Å²) in [6, 6.07) is 19.4. The second-order valence-electron chi connectivity index (χ2n) is 8.10. The number of anilines is 1. The number of amides is 1. The van der Waals surface area contributed by atoms with Crippen LogP contribution in [0.2, 0.25) is 0 Å². The van der Waals surface area contributed by atoms with E-state index in [1.807, 2.05) is 70.2 Å². The average Bonchev–Trinajstić information content (AvgIpc) is 3.21. The Bertz CT molecular complexity index is 1250. The fourth-order valence-electron chi connectivity index (χ4n) is 4.37. The number of hydrogen-bond acceptors (Lipinski definition) is 5. The zero-order valence-electron chi connectivity index (χ0n) is 17.9. The van der Waals surface area contributed by atoms with E-state index in [-0.39, 0.29) is 11.8 Å². The Hall–Kier alpha value is -3.87. The molecular weight excluding hydrogens is 402 g/mol.